The topological polar surface area (TPSA) is 122 Å². The summed E-state index contributed by atoms with van der Waals surface area (Å²) >= 11 is 3.35. The third kappa shape index (κ3) is 9.44. The minimum atomic E-state index is -0.381. The van der Waals surface area contributed by atoms with Crippen LogP contribution in [0.5, 0.6) is 0 Å². The maximum absolute atomic E-state index is 6.10. The maximum Gasteiger partial charge on any atom is 0.514 e. The quantitative estimate of drug-likeness (QED) is 0.162. The molecule has 12 nitrogen and oxygen atoms in total. The molecule has 0 bridgehead atoms. The van der Waals surface area contributed by atoms with Gasteiger partial charge in [-0.05, 0) is 144 Å². The first-order chi connectivity index (χ1) is 25.2. The molecule has 284 valence electrons. The second kappa shape index (κ2) is 17.9. The summed E-state index contributed by atoms with van der Waals surface area (Å²) in [5, 5.41) is 15.6. The number of rotatable bonds is 4. The summed E-state index contributed by atoms with van der Waals surface area (Å²) < 4.78 is 28.7. The van der Waals surface area contributed by atoms with Gasteiger partial charge >= 0.3 is 7.12 Å². The number of ether oxygens (including phenoxy) is 2. The molecule has 0 spiro atoms. The minimum Gasteiger partial charge on any atom is -0.398 e. The molecule has 5 aliphatic rings. The Morgan fingerprint density at radius 3 is 1.89 bits per heavy atom. The number of aryl methyl sites for hydroxylation is 2. The Morgan fingerprint density at radius 2 is 1.26 bits per heavy atom. The summed E-state index contributed by atoms with van der Waals surface area (Å²) in [6, 6.07) is 12.2. The van der Waals surface area contributed by atoms with Gasteiger partial charge in [0.1, 0.15) is 10.8 Å². The van der Waals surface area contributed by atoms with E-state index in [1.165, 1.54) is 36.3 Å². The van der Waals surface area contributed by atoms with Crippen LogP contribution in [0, 0.1) is 0 Å². The second-order valence-corrected chi connectivity index (χ2v) is 15.8. The number of nitrogens with zero attached hydrogens (tertiary/aromatic N) is 6. The van der Waals surface area contributed by atoms with Gasteiger partial charge in [0.25, 0.3) is 0 Å². The van der Waals surface area contributed by atoms with Gasteiger partial charge in [0.05, 0.1) is 50.9 Å². The summed E-state index contributed by atoms with van der Waals surface area (Å²) in [5.41, 5.74) is 7.03. The molecule has 3 fully saturated rings. The molecule has 9 heterocycles. The number of anilines is 2. The van der Waals surface area contributed by atoms with Gasteiger partial charge < -0.3 is 29.4 Å². The monoisotopic (exact) mass is 958 g/mol. The van der Waals surface area contributed by atoms with Crippen molar-refractivity contribution in [2.75, 3.05) is 36.9 Å². The Labute approximate surface area is 336 Å². The van der Waals surface area contributed by atoms with Gasteiger partial charge in [0.15, 0.2) is 6.23 Å². The Bertz CT molecular complexity index is 1780. The fourth-order valence-corrected chi connectivity index (χ4v) is 7.42. The van der Waals surface area contributed by atoms with Crippen LogP contribution in [0.2, 0.25) is 0 Å². The van der Waals surface area contributed by atoms with Crippen molar-refractivity contribution in [3.05, 3.63) is 64.8 Å². The number of fused-ring (bicyclic) bond motifs is 2. The maximum atomic E-state index is 6.10. The van der Waals surface area contributed by atoms with Crippen LogP contribution >= 0.6 is 15.9 Å². The van der Waals surface area contributed by atoms with E-state index in [0.717, 1.165) is 98.5 Å². The van der Waals surface area contributed by atoms with Gasteiger partial charge in [-0.2, -0.15) is 10.2 Å². The summed E-state index contributed by atoms with van der Waals surface area (Å²) in [4.78, 5) is 9.20. The number of aromatic nitrogens is 6. The molecule has 2 N–H and O–H groups in total. The van der Waals surface area contributed by atoms with Crippen molar-refractivity contribution in [1.82, 2.24) is 29.5 Å². The van der Waals surface area contributed by atoms with Crippen LogP contribution in [0.15, 0.2) is 53.4 Å². The van der Waals surface area contributed by atoms with E-state index in [1.807, 2.05) is 33.8 Å². The zero-order chi connectivity index (χ0) is 36.1. The van der Waals surface area contributed by atoms with Gasteiger partial charge in [-0.15, -0.1) is 0 Å². The van der Waals surface area contributed by atoms with Gasteiger partial charge in [-0.25, -0.2) is 19.3 Å². The molecule has 2 unspecified atom stereocenters. The van der Waals surface area contributed by atoms with Crippen molar-refractivity contribution < 1.29 is 39.8 Å². The van der Waals surface area contributed by atoms with E-state index in [4.69, 9.17) is 23.8 Å². The standard InChI is InChI=1S/C16H20N4O.C14H23BN2O3.C8H9BrN2.W/c1-2-11-21-16(5-1)20-15(8-10-18-20)14-7-6-12-13(19-14)4-3-9-17-12;1-13(2)14(3,4)20-15(19-13)11-8-9-16-17(11)12-7-5-6-10-18-12;9-8-4-3-6-7(11-8)2-1-5-10-6;/h6-8,10,16-17H,1-5,9,11H2;8-9,12H,5-7,10H2,1-4H3;3-4,10H,1-2,5H2;. The summed E-state index contributed by atoms with van der Waals surface area (Å²) in [6.07, 6.45) is 14.8. The zero-order valence-corrected chi connectivity index (χ0v) is 35.9. The largest absolute Gasteiger partial charge is 0.514 e. The van der Waals surface area contributed by atoms with Crippen LogP contribution < -0.4 is 16.2 Å². The van der Waals surface area contributed by atoms with Crippen molar-refractivity contribution >= 4 is 40.0 Å². The average molecular weight is 959 g/mol. The van der Waals surface area contributed by atoms with Gasteiger partial charge in [0, 0.05) is 59.8 Å². The number of nitrogens with one attached hydrogen (secondary N) is 2. The molecule has 4 aromatic rings. The molecule has 0 amide bonds. The number of hydrogen-bond donors (Lipinski definition) is 2. The van der Waals surface area contributed by atoms with Gasteiger partial charge in [0.2, 0.25) is 0 Å². The van der Waals surface area contributed by atoms with E-state index in [0.29, 0.717) is 0 Å². The Hall–Kier alpha value is -2.61. The normalized spacial score (nSPS) is 22.6. The molecule has 3 saturated heterocycles. The van der Waals surface area contributed by atoms with Crippen LogP contribution in [-0.2, 0) is 52.7 Å². The van der Waals surface area contributed by atoms with Crippen molar-refractivity contribution in [2.45, 2.75) is 116 Å². The van der Waals surface area contributed by atoms with E-state index < -0.39 is 0 Å². The first kappa shape index (κ1) is 40.1. The number of halogens is 1. The first-order valence-electron chi connectivity index (χ1n) is 19.0. The van der Waals surface area contributed by atoms with E-state index in [9.17, 15) is 0 Å². The Balaban J connectivity index is 0.000000141. The molecule has 5 aliphatic heterocycles. The Kier molecular flexibility index (Phi) is 13.5. The number of pyridine rings is 2. The van der Waals surface area contributed by atoms with Crippen LogP contribution in [0.4, 0.5) is 11.4 Å². The van der Waals surface area contributed by atoms with Crippen LogP contribution in [0.25, 0.3) is 11.4 Å². The minimum absolute atomic E-state index is 0. The molecular formula is C38H52BBrN8O4W. The molecular weight excluding hydrogens is 907 g/mol. The fraction of sp³-hybridized carbons (Fsp3) is 0.579. The van der Waals surface area contributed by atoms with E-state index >= 15 is 0 Å². The van der Waals surface area contributed by atoms with E-state index in [-0.39, 0.29) is 51.8 Å². The third-order valence-corrected chi connectivity index (χ3v) is 11.2. The number of hydrogen-bond acceptors (Lipinski definition) is 10. The molecule has 4 aromatic heterocycles. The predicted molar refractivity (Wildman–Crippen MR) is 207 cm³/mol. The van der Waals surface area contributed by atoms with Gasteiger partial charge in [-0.1, -0.05) is 0 Å². The molecule has 0 saturated carbocycles. The van der Waals surface area contributed by atoms with Crippen LogP contribution in [0.1, 0.15) is 103 Å². The molecule has 9 rings (SSSR count). The predicted octanol–water partition coefficient (Wildman–Crippen LogP) is 7.08. The van der Waals surface area contributed by atoms with Crippen molar-refractivity contribution in [1.29, 1.82) is 0 Å². The summed E-state index contributed by atoms with van der Waals surface area (Å²) in [5.74, 6) is 0. The third-order valence-electron chi connectivity index (χ3n) is 10.7. The molecule has 53 heavy (non-hydrogen) atoms. The molecule has 0 aromatic carbocycles. The SMILES string of the molecule is Brc1ccc2c(n1)CCCN2.CC1(C)OB(c2ccnn2C2CCCCO2)OC1(C)C.[W].c1cc(-c2ccc3c(n2)CCCN3)n(C2CCCCO2)n1. The second-order valence-electron chi connectivity index (χ2n) is 15.0. The molecule has 15 heteroatoms. The van der Waals surface area contributed by atoms with Gasteiger partial charge in [-0.3, -0.25) is 0 Å². The summed E-state index contributed by atoms with van der Waals surface area (Å²) in [6.45, 7) is 12.0. The van der Waals surface area contributed by atoms with E-state index in [1.54, 1.807) is 6.20 Å². The van der Waals surface area contributed by atoms with Crippen LogP contribution in [-0.4, -0.2) is 74.2 Å². The van der Waals surface area contributed by atoms with Crippen molar-refractivity contribution in [3.63, 3.8) is 0 Å². The molecule has 0 radical (unpaired) electrons. The average Bonchev–Trinajstić information content (AvgIpc) is 3.91. The smallest absolute Gasteiger partial charge is 0.398 e. The van der Waals surface area contributed by atoms with Crippen LogP contribution in [0.3, 0.4) is 0 Å². The first-order valence-corrected chi connectivity index (χ1v) is 19.8. The summed E-state index contributed by atoms with van der Waals surface area (Å²) in [7, 11) is -0.381. The fourth-order valence-electron chi connectivity index (χ4n) is 7.07. The van der Waals surface area contributed by atoms with Crippen molar-refractivity contribution in [2.24, 2.45) is 0 Å². The molecule has 0 aliphatic carbocycles. The Morgan fingerprint density at radius 1 is 0.698 bits per heavy atom. The van der Waals surface area contributed by atoms with E-state index in [2.05, 4.69) is 87.6 Å². The zero-order valence-electron chi connectivity index (χ0n) is 31.4. The van der Waals surface area contributed by atoms with Crippen molar-refractivity contribution in [3.8, 4) is 11.4 Å². The molecule has 2 atom stereocenters.